The van der Waals surface area contributed by atoms with Gasteiger partial charge in [0.25, 0.3) is 10.1 Å². The Kier molecular flexibility index (Phi) is 4.50. The Hall–Kier alpha value is -2.05. The number of hydrogen-bond acceptors (Lipinski definition) is 4. The van der Waals surface area contributed by atoms with Gasteiger partial charge in [0.1, 0.15) is 0 Å². The van der Waals surface area contributed by atoms with E-state index in [1.165, 1.54) is 0 Å². The molecular formula is C15H18N2O3S. The van der Waals surface area contributed by atoms with E-state index in [1.807, 2.05) is 25.1 Å². The molecule has 0 aromatic heterocycles. The van der Waals surface area contributed by atoms with E-state index >= 15 is 0 Å². The fourth-order valence-corrected chi connectivity index (χ4v) is 2.75. The second-order valence-corrected chi connectivity index (χ2v) is 6.39. The van der Waals surface area contributed by atoms with Crippen LogP contribution in [0.25, 0.3) is 0 Å². The molecular weight excluding hydrogens is 288 g/mol. The largest absolute Gasteiger partial charge is 0.378 e. The van der Waals surface area contributed by atoms with E-state index in [1.54, 1.807) is 48.5 Å². The summed E-state index contributed by atoms with van der Waals surface area (Å²) in [6, 6.07) is 15.9. The fourth-order valence-electron chi connectivity index (χ4n) is 1.96. The molecule has 0 amide bonds. The highest BCUT2D eigenvalue weighted by molar-refractivity contribution is 7.86. The molecule has 0 aliphatic heterocycles. The number of hydrogen-bond donors (Lipinski definition) is 2. The van der Waals surface area contributed by atoms with Crippen LogP contribution < -0.4 is 10.2 Å². The van der Waals surface area contributed by atoms with Gasteiger partial charge >= 0.3 is 0 Å². The maximum absolute atomic E-state index is 11.6. The smallest absolute Gasteiger partial charge is 0.290 e. The number of nitrogens with zero attached hydrogens (tertiary/aromatic N) is 1. The molecule has 0 heterocycles. The molecule has 1 unspecified atom stereocenters. The Morgan fingerprint density at radius 3 is 2.05 bits per heavy atom. The van der Waals surface area contributed by atoms with Gasteiger partial charge in [-0.1, -0.05) is 30.3 Å². The molecule has 0 saturated carbocycles. The number of anilines is 2. The van der Waals surface area contributed by atoms with Crippen LogP contribution in [-0.4, -0.2) is 27.1 Å². The number of para-hydroxylation sites is 1. The van der Waals surface area contributed by atoms with Gasteiger partial charge < -0.3 is 10.2 Å². The van der Waals surface area contributed by atoms with Crippen LogP contribution in [-0.2, 0) is 10.1 Å². The molecule has 2 aromatic carbocycles. The summed E-state index contributed by atoms with van der Waals surface area (Å²) in [6.45, 7) is 0. The topological polar surface area (TPSA) is 69.6 Å². The Morgan fingerprint density at radius 2 is 1.57 bits per heavy atom. The first kappa shape index (κ1) is 15.3. The van der Waals surface area contributed by atoms with Crippen LogP contribution in [0.2, 0.25) is 0 Å². The summed E-state index contributed by atoms with van der Waals surface area (Å²) < 4.78 is 32.7. The normalized spacial score (nSPS) is 12.7. The van der Waals surface area contributed by atoms with E-state index in [4.69, 9.17) is 0 Å². The molecule has 0 spiro atoms. The first-order valence-corrected chi connectivity index (χ1v) is 7.93. The lowest BCUT2D eigenvalue weighted by Gasteiger charge is -2.19. The number of nitrogens with one attached hydrogen (secondary N) is 1. The fraction of sp³-hybridized carbons (Fsp3) is 0.200. The Bertz CT molecular complexity index is 683. The zero-order valence-electron chi connectivity index (χ0n) is 11.9. The van der Waals surface area contributed by atoms with Gasteiger partial charge in [0.2, 0.25) is 0 Å². The lowest BCUT2D eigenvalue weighted by Crippen LogP contribution is -2.20. The summed E-state index contributed by atoms with van der Waals surface area (Å²) in [6.07, 6.45) is 0. The molecule has 2 rings (SSSR count). The zero-order valence-corrected chi connectivity index (χ0v) is 12.7. The summed E-state index contributed by atoms with van der Waals surface area (Å²) in [5.74, 6) is 0. The highest BCUT2D eigenvalue weighted by atomic mass is 32.2. The lowest BCUT2D eigenvalue weighted by molar-refractivity contribution is 0.473. The van der Waals surface area contributed by atoms with Crippen molar-refractivity contribution in [2.75, 3.05) is 24.3 Å². The van der Waals surface area contributed by atoms with Crippen LogP contribution in [0.5, 0.6) is 0 Å². The van der Waals surface area contributed by atoms with Crippen molar-refractivity contribution in [3.63, 3.8) is 0 Å². The van der Waals surface area contributed by atoms with Gasteiger partial charge in [-0.05, 0) is 29.8 Å². The van der Waals surface area contributed by atoms with E-state index in [2.05, 4.69) is 5.32 Å². The summed E-state index contributed by atoms with van der Waals surface area (Å²) in [7, 11) is -0.473. The van der Waals surface area contributed by atoms with Gasteiger partial charge in [-0.3, -0.25) is 4.55 Å². The molecule has 21 heavy (non-hydrogen) atoms. The van der Waals surface area contributed by atoms with Crippen molar-refractivity contribution in [3.05, 3.63) is 60.2 Å². The molecule has 0 aliphatic rings. The van der Waals surface area contributed by atoms with Crippen molar-refractivity contribution < 1.29 is 13.0 Å². The van der Waals surface area contributed by atoms with Crippen molar-refractivity contribution in [3.8, 4) is 0 Å². The van der Waals surface area contributed by atoms with E-state index in [9.17, 15) is 13.0 Å². The predicted octanol–water partition coefficient (Wildman–Crippen LogP) is 2.75. The van der Waals surface area contributed by atoms with Gasteiger partial charge in [-0.25, -0.2) is 0 Å². The predicted molar refractivity (Wildman–Crippen MR) is 85.1 cm³/mol. The monoisotopic (exact) mass is 306 g/mol. The summed E-state index contributed by atoms with van der Waals surface area (Å²) >= 11 is 0. The maximum atomic E-state index is 11.6. The average molecular weight is 306 g/mol. The second-order valence-electron chi connectivity index (χ2n) is 4.89. The highest BCUT2D eigenvalue weighted by Crippen LogP contribution is 2.25. The third-order valence-corrected chi connectivity index (χ3v) is 4.07. The third-order valence-electron chi connectivity index (χ3n) is 3.08. The van der Waals surface area contributed by atoms with Gasteiger partial charge in [0.15, 0.2) is 5.37 Å². The first-order valence-electron chi connectivity index (χ1n) is 6.43. The van der Waals surface area contributed by atoms with Crippen molar-refractivity contribution in [1.82, 2.24) is 0 Å². The van der Waals surface area contributed by atoms with Crippen molar-refractivity contribution in [1.29, 1.82) is 0 Å². The Labute approximate surface area is 125 Å². The van der Waals surface area contributed by atoms with E-state index in [0.717, 1.165) is 5.69 Å². The van der Waals surface area contributed by atoms with Crippen LogP contribution in [0, 0.1) is 0 Å². The Morgan fingerprint density at radius 1 is 1.00 bits per heavy atom. The van der Waals surface area contributed by atoms with E-state index in [-0.39, 0.29) is 0 Å². The van der Waals surface area contributed by atoms with Gasteiger partial charge in [-0.15, -0.1) is 0 Å². The standard InChI is InChI=1S/C15H18N2O3S/c1-17(2)14-10-8-12(9-11-14)15(21(18,19)20)16-13-6-4-3-5-7-13/h3-11,15-16H,1-2H3,(H,18,19,20). The summed E-state index contributed by atoms with van der Waals surface area (Å²) in [4.78, 5) is 1.91. The second kappa shape index (κ2) is 6.15. The molecule has 112 valence electrons. The van der Waals surface area contributed by atoms with Crippen molar-refractivity contribution in [2.45, 2.75) is 5.37 Å². The molecule has 0 radical (unpaired) electrons. The highest BCUT2D eigenvalue weighted by Gasteiger charge is 2.24. The van der Waals surface area contributed by atoms with Crippen LogP contribution in [0.15, 0.2) is 54.6 Å². The van der Waals surface area contributed by atoms with Crippen LogP contribution in [0.3, 0.4) is 0 Å². The number of benzene rings is 2. The number of rotatable bonds is 5. The Balaban J connectivity index is 2.33. The molecule has 1 atom stereocenters. The minimum atomic E-state index is -4.27. The SMILES string of the molecule is CN(C)c1ccc(C(Nc2ccccc2)S(=O)(=O)O)cc1. The molecule has 0 aliphatic carbocycles. The lowest BCUT2D eigenvalue weighted by atomic mass is 10.2. The molecule has 5 nitrogen and oxygen atoms in total. The summed E-state index contributed by atoms with van der Waals surface area (Å²) in [5, 5.41) is 1.63. The quantitative estimate of drug-likeness (QED) is 0.831. The zero-order chi connectivity index (χ0) is 15.5. The molecule has 0 fully saturated rings. The van der Waals surface area contributed by atoms with E-state index in [0.29, 0.717) is 11.3 Å². The van der Waals surface area contributed by atoms with Gasteiger partial charge in [0.05, 0.1) is 0 Å². The van der Waals surface area contributed by atoms with Crippen LogP contribution in [0.4, 0.5) is 11.4 Å². The minimum absolute atomic E-state index is 0.479. The molecule has 6 heteroatoms. The molecule has 2 aromatic rings. The van der Waals surface area contributed by atoms with Gasteiger partial charge in [0, 0.05) is 25.5 Å². The van der Waals surface area contributed by atoms with Crippen LogP contribution >= 0.6 is 0 Å². The molecule has 0 saturated heterocycles. The van der Waals surface area contributed by atoms with Gasteiger partial charge in [-0.2, -0.15) is 8.42 Å². The maximum Gasteiger partial charge on any atom is 0.290 e. The molecule has 2 N–H and O–H groups in total. The minimum Gasteiger partial charge on any atom is -0.378 e. The third kappa shape index (κ3) is 3.96. The van der Waals surface area contributed by atoms with Crippen molar-refractivity contribution >= 4 is 21.5 Å². The first-order chi connectivity index (χ1) is 9.88. The molecule has 0 bridgehead atoms. The average Bonchev–Trinajstić information content (AvgIpc) is 2.45. The van der Waals surface area contributed by atoms with E-state index < -0.39 is 15.5 Å². The summed E-state index contributed by atoms with van der Waals surface area (Å²) in [5.41, 5.74) is 2.05. The van der Waals surface area contributed by atoms with Crippen LogP contribution in [0.1, 0.15) is 10.9 Å². The van der Waals surface area contributed by atoms with Crippen molar-refractivity contribution in [2.24, 2.45) is 0 Å².